The van der Waals surface area contributed by atoms with E-state index in [1.165, 1.54) is 4.57 Å². The second-order valence-corrected chi connectivity index (χ2v) is 6.76. The van der Waals surface area contributed by atoms with E-state index in [4.69, 9.17) is 11.6 Å². The normalized spacial score (nSPS) is 14.1. The molecule has 0 bridgehead atoms. The number of aromatic hydroxyl groups is 1. The molecule has 152 valence electrons. The largest absolute Gasteiger partial charge is 0.503 e. The van der Waals surface area contributed by atoms with Gasteiger partial charge in [0.15, 0.2) is 5.75 Å². The van der Waals surface area contributed by atoms with Crippen LogP contribution in [-0.2, 0) is 22.6 Å². The number of nitrogens with zero attached hydrogens (tertiary/aromatic N) is 2. The van der Waals surface area contributed by atoms with Gasteiger partial charge in [-0.15, -0.1) is 0 Å². The number of pyridine rings is 1. The molecule has 2 N–H and O–H groups in total. The molecular formula is C20H26ClN3O4. The van der Waals surface area contributed by atoms with Crippen LogP contribution in [0, 0.1) is 0 Å². The summed E-state index contributed by atoms with van der Waals surface area (Å²) in [6, 6.07) is 9.16. The average Bonchev–Trinajstić information content (AvgIpc) is 2.71. The maximum atomic E-state index is 12.4. The molecule has 2 heterocycles. The third-order valence-electron chi connectivity index (χ3n) is 4.33. The van der Waals surface area contributed by atoms with Gasteiger partial charge >= 0.3 is 0 Å². The lowest BCUT2D eigenvalue weighted by molar-refractivity contribution is -0.128. The second kappa shape index (κ2) is 11.5. The zero-order valence-electron chi connectivity index (χ0n) is 15.9. The predicted octanol–water partition coefficient (Wildman–Crippen LogP) is 1.84. The summed E-state index contributed by atoms with van der Waals surface area (Å²) in [5, 5.41) is 14.2. The Kier molecular flexibility index (Phi) is 9.00. The zero-order valence-corrected chi connectivity index (χ0v) is 16.7. The summed E-state index contributed by atoms with van der Waals surface area (Å²) in [5.74, 6) is -0.153. The van der Waals surface area contributed by atoms with Crippen molar-refractivity contribution in [1.29, 1.82) is 0 Å². The quantitative estimate of drug-likeness (QED) is 0.711. The Labute approximate surface area is 169 Å². The Morgan fingerprint density at radius 3 is 2.43 bits per heavy atom. The molecule has 1 aromatic carbocycles. The van der Waals surface area contributed by atoms with Crippen molar-refractivity contribution in [3.8, 4) is 5.75 Å². The highest BCUT2D eigenvalue weighted by atomic mass is 35.5. The number of halogens is 1. The predicted molar refractivity (Wildman–Crippen MR) is 109 cm³/mol. The average molecular weight is 408 g/mol. The summed E-state index contributed by atoms with van der Waals surface area (Å²) in [4.78, 5) is 23.8. The van der Waals surface area contributed by atoms with Gasteiger partial charge in [0.05, 0.1) is 13.2 Å². The van der Waals surface area contributed by atoms with Crippen LogP contribution in [0.25, 0.3) is 0 Å². The molecule has 1 aliphatic rings. The molecule has 0 spiro atoms. The summed E-state index contributed by atoms with van der Waals surface area (Å²) in [6.07, 6.45) is 1.74. The lowest BCUT2D eigenvalue weighted by Crippen LogP contribution is -2.43. The van der Waals surface area contributed by atoms with E-state index in [0.29, 0.717) is 36.8 Å². The van der Waals surface area contributed by atoms with Gasteiger partial charge < -0.3 is 19.7 Å². The van der Waals surface area contributed by atoms with Crippen LogP contribution in [-0.4, -0.2) is 53.8 Å². The van der Waals surface area contributed by atoms with Gasteiger partial charge in [-0.1, -0.05) is 23.7 Å². The van der Waals surface area contributed by atoms with Crippen LogP contribution in [0.2, 0.25) is 5.02 Å². The summed E-state index contributed by atoms with van der Waals surface area (Å²) < 4.78 is 5.67. The molecule has 1 aromatic heterocycles. The van der Waals surface area contributed by atoms with Crippen LogP contribution in [0.5, 0.6) is 5.75 Å². The first kappa shape index (κ1) is 21.9. The fourth-order valence-corrected chi connectivity index (χ4v) is 2.94. The maximum absolute atomic E-state index is 12.4. The molecule has 8 heteroatoms. The van der Waals surface area contributed by atoms with E-state index in [0.717, 1.165) is 31.7 Å². The molecule has 0 atom stereocenters. The van der Waals surface area contributed by atoms with Crippen molar-refractivity contribution in [2.45, 2.75) is 20.0 Å². The minimum atomic E-state index is -0.354. The topological polar surface area (TPSA) is 83.8 Å². The number of hydrogen-bond acceptors (Lipinski definition) is 6. The SMILES string of the molecule is CCOC=O.O=c1c(O)c(CN2CCNCC2)ccn1Cc1ccc(Cl)cc1. The highest BCUT2D eigenvalue weighted by Crippen LogP contribution is 2.15. The summed E-state index contributed by atoms with van der Waals surface area (Å²) in [7, 11) is 0. The van der Waals surface area contributed by atoms with Crippen LogP contribution in [0.3, 0.4) is 0 Å². The van der Waals surface area contributed by atoms with Crippen molar-refractivity contribution in [2.24, 2.45) is 0 Å². The fourth-order valence-electron chi connectivity index (χ4n) is 2.82. The number of hydrogen-bond donors (Lipinski definition) is 2. The Balaban J connectivity index is 0.000000500. The highest BCUT2D eigenvalue weighted by Gasteiger charge is 2.15. The summed E-state index contributed by atoms with van der Waals surface area (Å²) in [5.41, 5.74) is 1.29. The van der Waals surface area contributed by atoms with Crippen LogP contribution in [0.15, 0.2) is 41.3 Å². The minimum absolute atomic E-state index is 0.153. The molecule has 3 rings (SSSR count). The van der Waals surface area contributed by atoms with Gasteiger partial charge in [0.25, 0.3) is 12.0 Å². The molecular weight excluding hydrogens is 382 g/mol. The number of piperazine rings is 1. The van der Waals surface area contributed by atoms with Gasteiger partial charge in [-0.05, 0) is 30.7 Å². The Morgan fingerprint density at radius 1 is 1.18 bits per heavy atom. The smallest absolute Gasteiger partial charge is 0.293 e. The second-order valence-electron chi connectivity index (χ2n) is 6.33. The first-order chi connectivity index (χ1) is 13.5. The van der Waals surface area contributed by atoms with Gasteiger partial charge in [-0.2, -0.15) is 0 Å². The lowest BCUT2D eigenvalue weighted by atomic mass is 10.2. The van der Waals surface area contributed by atoms with Crippen molar-refractivity contribution in [1.82, 2.24) is 14.8 Å². The van der Waals surface area contributed by atoms with E-state index in [-0.39, 0.29) is 11.3 Å². The molecule has 0 amide bonds. The first-order valence-corrected chi connectivity index (χ1v) is 9.57. The van der Waals surface area contributed by atoms with Crippen molar-refractivity contribution >= 4 is 18.1 Å². The maximum Gasteiger partial charge on any atom is 0.293 e. The molecule has 1 aliphatic heterocycles. The third-order valence-corrected chi connectivity index (χ3v) is 4.58. The Hall–Kier alpha value is -2.35. The number of benzene rings is 1. The van der Waals surface area contributed by atoms with Crippen molar-refractivity contribution in [3.63, 3.8) is 0 Å². The van der Waals surface area contributed by atoms with Gasteiger partial charge in [0.2, 0.25) is 0 Å². The van der Waals surface area contributed by atoms with Crippen LogP contribution < -0.4 is 10.9 Å². The van der Waals surface area contributed by atoms with Crippen LogP contribution in [0.4, 0.5) is 0 Å². The van der Waals surface area contributed by atoms with E-state index in [1.807, 2.05) is 18.2 Å². The number of carbonyl (C=O) groups excluding carboxylic acids is 1. The monoisotopic (exact) mass is 407 g/mol. The third kappa shape index (κ3) is 6.67. The molecule has 1 fully saturated rings. The molecule has 0 unspecified atom stereocenters. The van der Waals surface area contributed by atoms with Gasteiger partial charge in [0, 0.05) is 49.5 Å². The highest BCUT2D eigenvalue weighted by molar-refractivity contribution is 6.30. The first-order valence-electron chi connectivity index (χ1n) is 9.19. The molecule has 1 saturated heterocycles. The fraction of sp³-hybridized carbons (Fsp3) is 0.400. The number of carbonyl (C=O) groups is 1. The molecule has 28 heavy (non-hydrogen) atoms. The van der Waals surface area contributed by atoms with Crippen molar-refractivity contribution in [2.75, 3.05) is 32.8 Å². The minimum Gasteiger partial charge on any atom is -0.503 e. The zero-order chi connectivity index (χ0) is 20.4. The van der Waals surface area contributed by atoms with Gasteiger partial charge in [-0.25, -0.2) is 0 Å². The standard InChI is InChI=1S/C17H20ClN3O2.C3H6O2/c18-15-3-1-13(2-4-15)11-21-8-5-14(16(22)17(21)23)12-20-9-6-19-7-10-20;1-2-5-3-4/h1-5,8,19,22H,6-7,9-12H2;3H,2H2,1H3. The molecule has 0 aliphatic carbocycles. The van der Waals surface area contributed by atoms with Crippen molar-refractivity contribution in [3.05, 3.63) is 63.0 Å². The molecule has 0 saturated carbocycles. The van der Waals surface area contributed by atoms with Gasteiger partial charge in [-0.3, -0.25) is 14.5 Å². The molecule has 2 aromatic rings. The van der Waals surface area contributed by atoms with E-state index in [9.17, 15) is 14.7 Å². The number of aromatic nitrogens is 1. The lowest BCUT2D eigenvalue weighted by Gasteiger charge is -2.27. The Morgan fingerprint density at radius 2 is 1.86 bits per heavy atom. The van der Waals surface area contributed by atoms with E-state index in [1.54, 1.807) is 25.3 Å². The summed E-state index contributed by atoms with van der Waals surface area (Å²) in [6.45, 7) is 7.41. The summed E-state index contributed by atoms with van der Waals surface area (Å²) >= 11 is 5.87. The number of rotatable bonds is 6. The number of ether oxygens (including phenoxy) is 1. The van der Waals surface area contributed by atoms with Crippen molar-refractivity contribution < 1.29 is 14.6 Å². The number of nitrogens with one attached hydrogen (secondary N) is 1. The molecule has 7 nitrogen and oxygen atoms in total. The van der Waals surface area contributed by atoms with Gasteiger partial charge in [0.1, 0.15) is 0 Å². The van der Waals surface area contributed by atoms with Crippen LogP contribution >= 0.6 is 11.6 Å². The van der Waals surface area contributed by atoms with E-state index < -0.39 is 0 Å². The van der Waals surface area contributed by atoms with E-state index in [2.05, 4.69) is 15.0 Å². The molecule has 0 radical (unpaired) electrons. The Bertz CT molecular complexity index is 802. The van der Waals surface area contributed by atoms with Crippen LogP contribution in [0.1, 0.15) is 18.1 Å². The van der Waals surface area contributed by atoms with E-state index >= 15 is 0 Å².